The number of alkyl halides is 1. The van der Waals surface area contributed by atoms with Gasteiger partial charge in [0.1, 0.15) is 17.7 Å². The van der Waals surface area contributed by atoms with Crippen LogP contribution in [0.3, 0.4) is 0 Å². The van der Waals surface area contributed by atoms with Crippen LogP contribution in [-0.4, -0.2) is 24.8 Å². The Morgan fingerprint density at radius 2 is 1.84 bits per heavy atom. The van der Waals surface area contributed by atoms with Crippen LogP contribution < -0.4 is 15.0 Å². The van der Waals surface area contributed by atoms with Crippen molar-refractivity contribution >= 4 is 63.6 Å². The van der Waals surface area contributed by atoms with Gasteiger partial charge in [0.2, 0.25) is 11.8 Å². The van der Waals surface area contributed by atoms with Crippen molar-refractivity contribution in [1.29, 1.82) is 0 Å². The second-order valence-electron chi connectivity index (χ2n) is 6.46. The van der Waals surface area contributed by atoms with E-state index in [1.807, 2.05) is 30.3 Å². The number of hydrogen-bond donors (Lipinski definition) is 1. The number of anilines is 1. The molecule has 2 aromatic carbocycles. The molecule has 0 saturated carbocycles. The topological polar surface area (TPSA) is 58.6 Å². The molecule has 1 unspecified atom stereocenters. The first-order chi connectivity index (χ1) is 14.9. The third-order valence-electron chi connectivity index (χ3n) is 4.48. The van der Waals surface area contributed by atoms with Crippen LogP contribution in [0.5, 0.6) is 5.75 Å². The zero-order valence-electron chi connectivity index (χ0n) is 16.5. The van der Waals surface area contributed by atoms with E-state index in [2.05, 4.69) is 5.32 Å². The number of benzene rings is 2. The number of methoxy groups -OCH3 is 1. The lowest BCUT2D eigenvalue weighted by molar-refractivity contribution is -0.125. The number of halogens is 3. The number of rotatable bonds is 8. The first-order valence-corrected chi connectivity index (χ1v) is 11.3. The van der Waals surface area contributed by atoms with Crippen LogP contribution in [0, 0.1) is 0 Å². The Hall–Kier alpha value is -2.25. The number of nitrogens with one attached hydrogen (secondary N) is 1. The van der Waals surface area contributed by atoms with E-state index >= 15 is 0 Å². The summed E-state index contributed by atoms with van der Waals surface area (Å²) in [6.45, 7) is 0.307. The molecule has 9 heteroatoms. The Labute approximate surface area is 199 Å². The summed E-state index contributed by atoms with van der Waals surface area (Å²) in [4.78, 5) is 28.1. The van der Waals surface area contributed by atoms with Gasteiger partial charge in [-0.05, 0) is 35.9 Å². The van der Waals surface area contributed by atoms with Crippen molar-refractivity contribution in [2.24, 2.45) is 0 Å². The van der Waals surface area contributed by atoms with Crippen molar-refractivity contribution in [3.05, 3.63) is 80.5 Å². The molecule has 0 fully saturated rings. The van der Waals surface area contributed by atoms with Gasteiger partial charge < -0.3 is 10.1 Å². The van der Waals surface area contributed by atoms with E-state index < -0.39 is 11.9 Å². The Morgan fingerprint density at radius 3 is 2.42 bits per heavy atom. The zero-order chi connectivity index (χ0) is 22.4. The molecule has 0 aliphatic rings. The number of ether oxygens (including phenoxy) is 1. The molecule has 162 valence electrons. The van der Waals surface area contributed by atoms with E-state index in [-0.39, 0.29) is 11.8 Å². The number of carbonyl (C=O) groups excluding carboxylic acids is 2. The molecule has 2 amide bonds. The van der Waals surface area contributed by atoms with Gasteiger partial charge in [0.15, 0.2) is 0 Å². The van der Waals surface area contributed by atoms with Crippen LogP contribution in [-0.2, 0) is 16.1 Å². The summed E-state index contributed by atoms with van der Waals surface area (Å²) in [5.74, 6) is -0.682. The average molecular weight is 498 g/mol. The molecular weight excluding hydrogens is 479 g/mol. The maximum Gasteiger partial charge on any atom is 0.248 e. The Balaban J connectivity index is 2.00. The van der Waals surface area contributed by atoms with Crippen LogP contribution in [0.2, 0.25) is 9.36 Å². The molecule has 1 aromatic heterocycles. The average Bonchev–Trinajstić information content (AvgIpc) is 3.21. The summed E-state index contributed by atoms with van der Waals surface area (Å²) in [6.07, 6.45) is 0. The van der Waals surface area contributed by atoms with Crippen LogP contribution in [0.15, 0.2) is 60.7 Å². The molecule has 0 radical (unpaired) electrons. The van der Waals surface area contributed by atoms with Crippen molar-refractivity contribution in [1.82, 2.24) is 5.32 Å². The van der Waals surface area contributed by atoms with Crippen molar-refractivity contribution in [2.45, 2.75) is 12.6 Å². The van der Waals surface area contributed by atoms with E-state index in [0.29, 0.717) is 32.2 Å². The maximum atomic E-state index is 13.3. The highest BCUT2D eigenvalue weighted by molar-refractivity contribution is 7.16. The summed E-state index contributed by atoms with van der Waals surface area (Å²) in [5.41, 5.74) is 1.35. The third-order valence-corrected chi connectivity index (χ3v) is 6.28. The van der Waals surface area contributed by atoms with E-state index in [4.69, 9.17) is 39.5 Å². The number of carbonyl (C=O) groups is 2. The summed E-state index contributed by atoms with van der Waals surface area (Å²) < 4.78 is 5.70. The van der Waals surface area contributed by atoms with Crippen LogP contribution in [0.1, 0.15) is 16.5 Å². The van der Waals surface area contributed by atoms with Gasteiger partial charge in [0.05, 0.1) is 16.5 Å². The normalized spacial score (nSPS) is 11.6. The fourth-order valence-corrected chi connectivity index (χ4v) is 4.57. The van der Waals surface area contributed by atoms with E-state index in [0.717, 1.165) is 5.56 Å². The molecular formula is C22H19Cl3N2O3S. The highest BCUT2D eigenvalue weighted by atomic mass is 35.5. The van der Waals surface area contributed by atoms with Gasteiger partial charge in [0.25, 0.3) is 0 Å². The quantitative estimate of drug-likeness (QED) is 0.407. The fourth-order valence-electron chi connectivity index (χ4n) is 3.04. The first-order valence-electron chi connectivity index (χ1n) is 9.23. The molecule has 1 N–H and O–H groups in total. The molecule has 0 aliphatic heterocycles. The lowest BCUT2D eigenvalue weighted by Crippen LogP contribution is -2.44. The van der Waals surface area contributed by atoms with Gasteiger partial charge in [-0.15, -0.1) is 22.9 Å². The van der Waals surface area contributed by atoms with Gasteiger partial charge in [-0.25, -0.2) is 0 Å². The second-order valence-corrected chi connectivity index (χ2v) is 8.89. The van der Waals surface area contributed by atoms with E-state index in [1.54, 1.807) is 30.3 Å². The molecule has 31 heavy (non-hydrogen) atoms. The van der Waals surface area contributed by atoms with Crippen molar-refractivity contribution in [3.8, 4) is 5.75 Å². The molecule has 3 aromatic rings. The Morgan fingerprint density at radius 1 is 1.10 bits per heavy atom. The molecule has 0 saturated heterocycles. The molecule has 5 nitrogen and oxygen atoms in total. The minimum absolute atomic E-state index is 0.306. The largest absolute Gasteiger partial charge is 0.495 e. The minimum atomic E-state index is -0.975. The molecule has 0 bridgehead atoms. The summed E-state index contributed by atoms with van der Waals surface area (Å²) in [6, 6.07) is 16.8. The monoisotopic (exact) mass is 496 g/mol. The highest BCUT2D eigenvalue weighted by Crippen LogP contribution is 2.37. The molecule has 0 aliphatic carbocycles. The van der Waals surface area contributed by atoms with Gasteiger partial charge in [-0.3, -0.25) is 14.5 Å². The number of amides is 2. The molecule has 3 rings (SSSR count). The molecule has 1 atom stereocenters. The predicted molar refractivity (Wildman–Crippen MR) is 127 cm³/mol. The SMILES string of the molecule is COc1ccc(N(C(=O)CCl)C(C(=O)NCc2ccccc2)c2ccc(Cl)s2)cc1Cl. The zero-order valence-corrected chi connectivity index (χ0v) is 19.6. The lowest BCUT2D eigenvalue weighted by Gasteiger charge is -2.30. The van der Waals surface area contributed by atoms with Gasteiger partial charge in [0, 0.05) is 17.1 Å². The summed E-state index contributed by atoms with van der Waals surface area (Å²) in [7, 11) is 1.50. The predicted octanol–water partition coefficient (Wildman–Crippen LogP) is 5.69. The number of nitrogens with zero attached hydrogens (tertiary/aromatic N) is 1. The van der Waals surface area contributed by atoms with Crippen molar-refractivity contribution < 1.29 is 14.3 Å². The molecule has 0 spiro atoms. The van der Waals surface area contributed by atoms with Crippen molar-refractivity contribution in [3.63, 3.8) is 0 Å². The fraction of sp³-hybridized carbons (Fsp3) is 0.182. The first kappa shape index (κ1) is 23.4. The van der Waals surface area contributed by atoms with Gasteiger partial charge in [-0.1, -0.05) is 53.5 Å². The smallest absolute Gasteiger partial charge is 0.248 e. The highest BCUT2D eigenvalue weighted by Gasteiger charge is 2.33. The van der Waals surface area contributed by atoms with Gasteiger partial charge >= 0.3 is 0 Å². The number of hydrogen-bond acceptors (Lipinski definition) is 4. The Bertz CT molecular complexity index is 1060. The standard InChI is InChI=1S/C22H19Cl3N2O3S/c1-30-17-8-7-15(11-16(17)24)27(20(28)12-23)21(18-9-10-19(25)31-18)22(29)26-13-14-5-3-2-4-6-14/h2-11,21H,12-13H2,1H3,(H,26,29). The van der Waals surface area contributed by atoms with Crippen LogP contribution in [0.4, 0.5) is 5.69 Å². The maximum absolute atomic E-state index is 13.3. The van der Waals surface area contributed by atoms with Crippen LogP contribution >= 0.6 is 46.1 Å². The summed E-state index contributed by atoms with van der Waals surface area (Å²) >= 11 is 19.5. The third kappa shape index (κ3) is 5.71. The van der Waals surface area contributed by atoms with E-state index in [1.165, 1.54) is 23.3 Å². The van der Waals surface area contributed by atoms with Crippen LogP contribution in [0.25, 0.3) is 0 Å². The van der Waals surface area contributed by atoms with Crippen molar-refractivity contribution in [2.75, 3.05) is 17.9 Å². The van der Waals surface area contributed by atoms with Gasteiger partial charge in [-0.2, -0.15) is 0 Å². The number of thiophene rings is 1. The minimum Gasteiger partial charge on any atom is -0.495 e. The lowest BCUT2D eigenvalue weighted by atomic mass is 10.1. The Kier molecular flexibility index (Phi) is 8.21. The van der Waals surface area contributed by atoms with E-state index in [9.17, 15) is 9.59 Å². The summed E-state index contributed by atoms with van der Waals surface area (Å²) in [5, 5.41) is 3.21. The second kappa shape index (κ2) is 10.9. The molecule has 1 heterocycles.